The monoisotopic (exact) mass is 381 g/mol. The van der Waals surface area contributed by atoms with Crippen LogP contribution in [0.4, 0.5) is 0 Å². The van der Waals surface area contributed by atoms with Crippen molar-refractivity contribution in [3.8, 4) is 5.75 Å². The summed E-state index contributed by atoms with van der Waals surface area (Å²) in [5, 5.41) is 0. The van der Waals surface area contributed by atoms with E-state index in [0.717, 1.165) is 44.0 Å². The number of ether oxygens (including phenoxy) is 1. The molecule has 0 radical (unpaired) electrons. The first-order chi connectivity index (χ1) is 13.6. The van der Waals surface area contributed by atoms with Crippen LogP contribution in [0, 0.1) is 0 Å². The van der Waals surface area contributed by atoms with Gasteiger partial charge in [-0.05, 0) is 32.6 Å². The van der Waals surface area contributed by atoms with Crippen LogP contribution in [-0.4, -0.2) is 67.5 Å². The summed E-state index contributed by atoms with van der Waals surface area (Å²) < 4.78 is 5.75. The number of benzene rings is 2. The third kappa shape index (κ3) is 4.91. The van der Waals surface area contributed by atoms with E-state index in [2.05, 4.69) is 17.0 Å². The first kappa shape index (κ1) is 20.4. The van der Waals surface area contributed by atoms with Gasteiger partial charge in [-0.1, -0.05) is 48.5 Å². The van der Waals surface area contributed by atoms with Gasteiger partial charge < -0.3 is 9.64 Å². The minimum atomic E-state index is -0.230. The third-order valence-corrected chi connectivity index (χ3v) is 5.22. The second kappa shape index (κ2) is 9.71. The van der Waals surface area contributed by atoms with E-state index in [9.17, 15) is 4.79 Å². The van der Waals surface area contributed by atoms with Gasteiger partial charge in [0.2, 0.25) is 5.91 Å². The summed E-state index contributed by atoms with van der Waals surface area (Å²) in [4.78, 5) is 19.6. The molecule has 2 aromatic rings. The first-order valence-corrected chi connectivity index (χ1v) is 10.0. The molecule has 3 rings (SSSR count). The number of amides is 1. The number of piperazine rings is 1. The van der Waals surface area contributed by atoms with Crippen molar-refractivity contribution in [1.82, 2.24) is 14.7 Å². The zero-order chi connectivity index (χ0) is 19.9. The molecule has 150 valence electrons. The molecule has 0 aromatic heterocycles. The van der Waals surface area contributed by atoms with Crippen LogP contribution in [0.15, 0.2) is 54.6 Å². The highest BCUT2D eigenvalue weighted by atomic mass is 16.5. The van der Waals surface area contributed by atoms with E-state index in [1.807, 2.05) is 73.3 Å². The van der Waals surface area contributed by atoms with Gasteiger partial charge in [-0.3, -0.25) is 14.6 Å². The van der Waals surface area contributed by atoms with E-state index in [1.165, 1.54) is 5.56 Å². The Morgan fingerprint density at radius 1 is 1.00 bits per heavy atom. The van der Waals surface area contributed by atoms with Gasteiger partial charge in [0.05, 0.1) is 6.61 Å². The Kier molecular flexibility index (Phi) is 7.06. The molecule has 2 aromatic carbocycles. The van der Waals surface area contributed by atoms with E-state index in [1.54, 1.807) is 0 Å². The average Bonchev–Trinajstić information content (AvgIpc) is 2.71. The first-order valence-electron chi connectivity index (χ1n) is 10.0. The highest BCUT2D eigenvalue weighted by Crippen LogP contribution is 2.23. The molecule has 1 fully saturated rings. The molecule has 0 bridgehead atoms. The van der Waals surface area contributed by atoms with Crippen molar-refractivity contribution in [3.63, 3.8) is 0 Å². The lowest BCUT2D eigenvalue weighted by molar-refractivity contribution is -0.138. The Balaban J connectivity index is 1.61. The van der Waals surface area contributed by atoms with Crippen LogP contribution in [0.1, 0.15) is 24.1 Å². The molecule has 1 aliphatic heterocycles. The lowest BCUT2D eigenvalue weighted by atomic mass is 10.0. The maximum Gasteiger partial charge on any atom is 0.244 e. The van der Waals surface area contributed by atoms with E-state index < -0.39 is 0 Å². The molecule has 1 saturated heterocycles. The number of hydrogen-bond acceptors (Lipinski definition) is 4. The van der Waals surface area contributed by atoms with Gasteiger partial charge in [0.25, 0.3) is 0 Å². The molecule has 0 saturated carbocycles. The van der Waals surface area contributed by atoms with Crippen LogP contribution in [0.25, 0.3) is 0 Å². The molecule has 0 aliphatic carbocycles. The SMILES string of the molecule is CCOc1ccccc1CN1CCN(C(=O)C(c2ccccc2)N(C)C)CC1. The molecule has 5 nitrogen and oxygen atoms in total. The van der Waals surface area contributed by atoms with E-state index >= 15 is 0 Å². The van der Waals surface area contributed by atoms with Crippen LogP contribution < -0.4 is 4.74 Å². The molecule has 0 spiro atoms. The van der Waals surface area contributed by atoms with Gasteiger partial charge in [-0.15, -0.1) is 0 Å². The molecule has 0 N–H and O–H groups in total. The van der Waals surface area contributed by atoms with Gasteiger partial charge >= 0.3 is 0 Å². The van der Waals surface area contributed by atoms with Crippen LogP contribution in [-0.2, 0) is 11.3 Å². The third-order valence-electron chi connectivity index (χ3n) is 5.22. The fraction of sp³-hybridized carbons (Fsp3) is 0.435. The minimum absolute atomic E-state index is 0.186. The molecule has 28 heavy (non-hydrogen) atoms. The zero-order valence-electron chi connectivity index (χ0n) is 17.2. The predicted octanol–water partition coefficient (Wildman–Crippen LogP) is 3.03. The Labute approximate surface area is 168 Å². The quantitative estimate of drug-likeness (QED) is 0.739. The summed E-state index contributed by atoms with van der Waals surface area (Å²) in [7, 11) is 3.94. The normalized spacial score (nSPS) is 16.2. The topological polar surface area (TPSA) is 36.0 Å². The Bertz CT molecular complexity index is 755. The molecule has 1 unspecified atom stereocenters. The van der Waals surface area contributed by atoms with Gasteiger partial charge in [0.15, 0.2) is 0 Å². The summed E-state index contributed by atoms with van der Waals surface area (Å²) in [5.41, 5.74) is 2.25. The summed E-state index contributed by atoms with van der Waals surface area (Å²) in [5.74, 6) is 1.14. The number of hydrogen-bond donors (Lipinski definition) is 0. The van der Waals surface area contributed by atoms with Crippen LogP contribution >= 0.6 is 0 Å². The van der Waals surface area contributed by atoms with Crippen molar-refractivity contribution in [3.05, 3.63) is 65.7 Å². The average molecular weight is 382 g/mol. The molecular formula is C23H31N3O2. The van der Waals surface area contributed by atoms with Crippen molar-refractivity contribution in [2.45, 2.75) is 19.5 Å². The predicted molar refractivity (Wildman–Crippen MR) is 112 cm³/mol. The van der Waals surface area contributed by atoms with E-state index in [-0.39, 0.29) is 11.9 Å². The number of rotatable bonds is 7. The second-order valence-corrected chi connectivity index (χ2v) is 7.42. The second-order valence-electron chi connectivity index (χ2n) is 7.42. The zero-order valence-corrected chi connectivity index (χ0v) is 17.2. The molecule has 1 amide bonds. The Morgan fingerprint density at radius 3 is 2.29 bits per heavy atom. The largest absolute Gasteiger partial charge is 0.494 e. The van der Waals surface area contributed by atoms with Gasteiger partial charge in [0.1, 0.15) is 11.8 Å². The maximum atomic E-state index is 13.2. The van der Waals surface area contributed by atoms with Crippen LogP contribution in [0.3, 0.4) is 0 Å². The molecule has 1 aliphatic rings. The summed E-state index contributed by atoms with van der Waals surface area (Å²) in [6.07, 6.45) is 0. The maximum absolute atomic E-state index is 13.2. The van der Waals surface area contributed by atoms with Crippen LogP contribution in [0.5, 0.6) is 5.75 Å². The summed E-state index contributed by atoms with van der Waals surface area (Å²) in [6, 6.07) is 18.0. The standard InChI is InChI=1S/C23H31N3O2/c1-4-28-21-13-9-8-12-20(21)18-25-14-16-26(17-15-25)23(27)22(24(2)3)19-10-6-5-7-11-19/h5-13,22H,4,14-18H2,1-3H3. The molecule has 1 atom stereocenters. The van der Waals surface area contributed by atoms with Gasteiger partial charge in [0, 0.05) is 38.3 Å². The number of carbonyl (C=O) groups is 1. The highest BCUT2D eigenvalue weighted by molar-refractivity contribution is 5.83. The van der Waals surface area contributed by atoms with Gasteiger partial charge in [-0.2, -0.15) is 0 Å². The highest BCUT2D eigenvalue weighted by Gasteiger charge is 2.30. The van der Waals surface area contributed by atoms with Crippen molar-refractivity contribution in [2.24, 2.45) is 0 Å². The minimum Gasteiger partial charge on any atom is -0.494 e. The fourth-order valence-electron chi connectivity index (χ4n) is 3.77. The van der Waals surface area contributed by atoms with Crippen molar-refractivity contribution in [2.75, 3.05) is 46.9 Å². The van der Waals surface area contributed by atoms with Crippen molar-refractivity contribution in [1.29, 1.82) is 0 Å². The number of para-hydroxylation sites is 1. The van der Waals surface area contributed by atoms with Crippen molar-refractivity contribution >= 4 is 5.91 Å². The Hall–Kier alpha value is -2.37. The van der Waals surface area contributed by atoms with Gasteiger partial charge in [-0.25, -0.2) is 0 Å². The number of likely N-dealkylation sites (N-methyl/N-ethyl adjacent to an activating group) is 1. The van der Waals surface area contributed by atoms with E-state index in [4.69, 9.17) is 4.74 Å². The number of nitrogens with zero attached hydrogens (tertiary/aromatic N) is 3. The van der Waals surface area contributed by atoms with Crippen molar-refractivity contribution < 1.29 is 9.53 Å². The molecule has 5 heteroatoms. The molecule has 1 heterocycles. The summed E-state index contributed by atoms with van der Waals surface area (Å²) >= 11 is 0. The van der Waals surface area contributed by atoms with E-state index in [0.29, 0.717) is 6.61 Å². The Morgan fingerprint density at radius 2 is 1.64 bits per heavy atom. The van der Waals surface area contributed by atoms with Crippen LogP contribution in [0.2, 0.25) is 0 Å². The molecular weight excluding hydrogens is 350 g/mol. The smallest absolute Gasteiger partial charge is 0.244 e. The fourth-order valence-corrected chi connectivity index (χ4v) is 3.77. The summed E-state index contributed by atoms with van der Waals surface area (Å²) in [6.45, 7) is 6.80. The lowest BCUT2D eigenvalue weighted by Gasteiger charge is -2.38. The lowest BCUT2D eigenvalue weighted by Crippen LogP contribution is -2.51. The number of carbonyl (C=O) groups excluding carboxylic acids is 1.